The summed E-state index contributed by atoms with van der Waals surface area (Å²) >= 11 is 0. The van der Waals surface area contributed by atoms with Gasteiger partial charge in [-0.05, 0) is 48.4 Å². The van der Waals surface area contributed by atoms with E-state index in [9.17, 15) is 14.7 Å². The molecule has 1 aliphatic heterocycles. The van der Waals surface area contributed by atoms with Crippen molar-refractivity contribution in [2.75, 3.05) is 41.1 Å². The molecule has 2 aromatic carbocycles. The zero-order chi connectivity index (χ0) is 24.0. The van der Waals surface area contributed by atoms with Crippen LogP contribution in [0.15, 0.2) is 48.0 Å². The van der Waals surface area contributed by atoms with Crippen LogP contribution >= 0.6 is 0 Å². The van der Waals surface area contributed by atoms with Crippen LogP contribution < -0.4 is 14.2 Å². The van der Waals surface area contributed by atoms with Gasteiger partial charge < -0.3 is 29.0 Å². The molecule has 1 heterocycles. The van der Waals surface area contributed by atoms with Gasteiger partial charge in [0.15, 0.2) is 11.5 Å². The van der Waals surface area contributed by atoms with Gasteiger partial charge in [0, 0.05) is 19.2 Å². The predicted octanol–water partition coefficient (Wildman–Crippen LogP) is 3.56. The molecule has 0 aromatic heterocycles. The maximum absolute atomic E-state index is 13.0. The number of benzene rings is 2. The molecule has 0 bridgehead atoms. The third kappa shape index (κ3) is 4.96. The Labute approximate surface area is 193 Å². The second-order valence-corrected chi connectivity index (χ2v) is 7.47. The van der Waals surface area contributed by atoms with Crippen LogP contribution in [0.5, 0.6) is 17.2 Å². The minimum atomic E-state index is -0.809. The number of aliphatic hydroxyl groups excluding tert-OH is 1. The van der Waals surface area contributed by atoms with Crippen LogP contribution in [0, 0.1) is 0 Å². The molecule has 1 unspecified atom stereocenters. The highest BCUT2D eigenvalue weighted by Crippen LogP contribution is 2.41. The Morgan fingerprint density at radius 2 is 1.67 bits per heavy atom. The molecule has 1 aliphatic rings. The SMILES string of the molecule is CCCOc1ccc(/C(O)=C2\C(=O)C(=O)N(CCOC)C2c2ccc(OC)c(OC)c2)cc1. The van der Waals surface area contributed by atoms with Crippen LogP contribution in [0.2, 0.25) is 0 Å². The van der Waals surface area contributed by atoms with E-state index >= 15 is 0 Å². The first-order valence-electron chi connectivity index (χ1n) is 10.7. The van der Waals surface area contributed by atoms with Crippen LogP contribution in [0.4, 0.5) is 0 Å². The number of ketones is 1. The van der Waals surface area contributed by atoms with Gasteiger partial charge in [0.1, 0.15) is 11.5 Å². The lowest BCUT2D eigenvalue weighted by Gasteiger charge is -2.25. The van der Waals surface area contributed by atoms with Crippen LogP contribution in [0.25, 0.3) is 5.76 Å². The van der Waals surface area contributed by atoms with Crippen LogP contribution in [0.1, 0.15) is 30.5 Å². The number of likely N-dealkylation sites (tertiary alicyclic amines) is 1. The largest absolute Gasteiger partial charge is 0.507 e. The standard InChI is InChI=1S/C25H29NO7/c1-5-13-33-18-9-6-16(7-10-18)23(27)21-22(26(12-14-30-2)25(29)24(21)28)17-8-11-19(31-3)20(15-17)32-4/h6-11,15,22,27H,5,12-14H2,1-4H3/b23-21+. The Morgan fingerprint density at radius 3 is 2.27 bits per heavy atom. The quantitative estimate of drug-likeness (QED) is 0.333. The Bertz CT molecular complexity index is 1030. The Hall–Kier alpha value is -3.52. The summed E-state index contributed by atoms with van der Waals surface area (Å²) in [7, 11) is 4.55. The number of hydrogen-bond donors (Lipinski definition) is 1. The van der Waals surface area contributed by atoms with Gasteiger partial charge in [-0.2, -0.15) is 0 Å². The van der Waals surface area contributed by atoms with Crippen molar-refractivity contribution in [2.45, 2.75) is 19.4 Å². The second-order valence-electron chi connectivity index (χ2n) is 7.47. The average Bonchev–Trinajstić information content (AvgIpc) is 3.10. The molecule has 1 amide bonds. The van der Waals surface area contributed by atoms with Gasteiger partial charge in [0.05, 0.1) is 39.0 Å². The summed E-state index contributed by atoms with van der Waals surface area (Å²) in [5, 5.41) is 11.1. The van der Waals surface area contributed by atoms with Crippen molar-refractivity contribution < 1.29 is 33.6 Å². The highest BCUT2D eigenvalue weighted by atomic mass is 16.5. The van der Waals surface area contributed by atoms with Crippen molar-refractivity contribution in [2.24, 2.45) is 0 Å². The van der Waals surface area contributed by atoms with E-state index in [1.54, 1.807) is 42.5 Å². The number of rotatable bonds is 10. The molecule has 1 atom stereocenters. The minimum Gasteiger partial charge on any atom is -0.507 e. The van der Waals surface area contributed by atoms with Gasteiger partial charge in [-0.1, -0.05) is 13.0 Å². The zero-order valence-electron chi connectivity index (χ0n) is 19.3. The molecule has 33 heavy (non-hydrogen) atoms. The summed E-state index contributed by atoms with van der Waals surface area (Å²) in [6.45, 7) is 3.01. The van der Waals surface area contributed by atoms with E-state index < -0.39 is 17.7 Å². The number of Topliss-reactive ketones (excluding diaryl/α,β-unsaturated/α-hetero) is 1. The fourth-order valence-corrected chi connectivity index (χ4v) is 3.75. The molecule has 0 radical (unpaired) electrons. The first kappa shape index (κ1) is 24.1. The molecule has 0 spiro atoms. The first-order valence-corrected chi connectivity index (χ1v) is 10.7. The summed E-state index contributed by atoms with van der Waals surface area (Å²) < 4.78 is 21.4. The van der Waals surface area contributed by atoms with Crippen molar-refractivity contribution in [3.8, 4) is 17.2 Å². The molecule has 0 saturated carbocycles. The number of amides is 1. The molecule has 176 valence electrons. The summed E-state index contributed by atoms with van der Waals surface area (Å²) in [6, 6.07) is 11.1. The average molecular weight is 456 g/mol. The maximum atomic E-state index is 13.0. The minimum absolute atomic E-state index is 0.00514. The number of ether oxygens (including phenoxy) is 4. The van der Waals surface area contributed by atoms with E-state index in [2.05, 4.69) is 0 Å². The van der Waals surface area contributed by atoms with Gasteiger partial charge in [0.2, 0.25) is 0 Å². The number of carbonyl (C=O) groups excluding carboxylic acids is 2. The fraction of sp³-hybridized carbons (Fsp3) is 0.360. The zero-order valence-corrected chi connectivity index (χ0v) is 19.3. The van der Waals surface area contributed by atoms with Gasteiger partial charge in [0.25, 0.3) is 11.7 Å². The highest BCUT2D eigenvalue weighted by molar-refractivity contribution is 6.46. The summed E-state index contributed by atoms with van der Waals surface area (Å²) in [4.78, 5) is 27.3. The lowest BCUT2D eigenvalue weighted by molar-refractivity contribution is -0.140. The van der Waals surface area contributed by atoms with Crippen molar-refractivity contribution in [3.05, 3.63) is 59.2 Å². The normalized spacial score (nSPS) is 17.3. The number of carbonyl (C=O) groups is 2. The first-order chi connectivity index (χ1) is 16.0. The second kappa shape index (κ2) is 10.9. The highest BCUT2D eigenvalue weighted by Gasteiger charge is 2.46. The fourth-order valence-electron chi connectivity index (χ4n) is 3.75. The number of aliphatic hydroxyl groups is 1. The number of nitrogens with zero attached hydrogens (tertiary/aromatic N) is 1. The molecule has 1 N–H and O–H groups in total. The number of hydrogen-bond acceptors (Lipinski definition) is 7. The Morgan fingerprint density at radius 1 is 0.970 bits per heavy atom. The van der Waals surface area contributed by atoms with E-state index in [1.165, 1.54) is 26.2 Å². The van der Waals surface area contributed by atoms with Gasteiger partial charge in [-0.3, -0.25) is 9.59 Å². The summed E-state index contributed by atoms with van der Waals surface area (Å²) in [5.41, 5.74) is 1.02. The molecule has 8 heteroatoms. The van der Waals surface area contributed by atoms with Crippen molar-refractivity contribution >= 4 is 17.4 Å². The smallest absolute Gasteiger partial charge is 0.295 e. The van der Waals surface area contributed by atoms with E-state index in [0.717, 1.165) is 6.42 Å². The van der Waals surface area contributed by atoms with E-state index in [-0.39, 0.29) is 24.5 Å². The number of methoxy groups -OCH3 is 3. The predicted molar refractivity (Wildman–Crippen MR) is 123 cm³/mol. The topological polar surface area (TPSA) is 94.5 Å². The summed E-state index contributed by atoms with van der Waals surface area (Å²) in [5.74, 6) is -0.0889. The maximum Gasteiger partial charge on any atom is 0.295 e. The molecule has 1 saturated heterocycles. The molecule has 3 rings (SSSR count). The monoisotopic (exact) mass is 455 g/mol. The third-order valence-electron chi connectivity index (χ3n) is 5.40. The molecular formula is C25H29NO7. The molecule has 2 aromatic rings. The Kier molecular flexibility index (Phi) is 7.95. The van der Waals surface area contributed by atoms with Crippen molar-refractivity contribution in [3.63, 3.8) is 0 Å². The van der Waals surface area contributed by atoms with E-state index in [0.29, 0.717) is 35.0 Å². The van der Waals surface area contributed by atoms with Gasteiger partial charge in [-0.25, -0.2) is 0 Å². The van der Waals surface area contributed by atoms with E-state index in [1.807, 2.05) is 6.92 Å². The molecule has 1 fully saturated rings. The molecular weight excluding hydrogens is 426 g/mol. The Balaban J connectivity index is 2.10. The van der Waals surface area contributed by atoms with Crippen LogP contribution in [-0.4, -0.2) is 62.8 Å². The summed E-state index contributed by atoms with van der Waals surface area (Å²) in [6.07, 6.45) is 0.873. The van der Waals surface area contributed by atoms with Crippen LogP contribution in [0.3, 0.4) is 0 Å². The lowest BCUT2D eigenvalue weighted by atomic mass is 9.95. The third-order valence-corrected chi connectivity index (χ3v) is 5.40. The van der Waals surface area contributed by atoms with Gasteiger partial charge in [-0.15, -0.1) is 0 Å². The molecule has 8 nitrogen and oxygen atoms in total. The molecule has 0 aliphatic carbocycles. The lowest BCUT2D eigenvalue weighted by Crippen LogP contribution is -2.32. The van der Waals surface area contributed by atoms with Crippen molar-refractivity contribution in [1.82, 2.24) is 4.90 Å². The van der Waals surface area contributed by atoms with Gasteiger partial charge >= 0.3 is 0 Å². The van der Waals surface area contributed by atoms with Crippen molar-refractivity contribution in [1.29, 1.82) is 0 Å². The van der Waals surface area contributed by atoms with E-state index in [4.69, 9.17) is 18.9 Å². The van der Waals surface area contributed by atoms with Crippen LogP contribution in [-0.2, 0) is 14.3 Å².